The Hall–Kier alpha value is -2.35. The highest BCUT2D eigenvalue weighted by atomic mass is 16.6. The highest BCUT2D eigenvalue weighted by Crippen LogP contribution is 2.49. The highest BCUT2D eigenvalue weighted by molar-refractivity contribution is 5.42. The molecule has 1 fully saturated rings. The van der Waals surface area contributed by atoms with Gasteiger partial charge in [-0.2, -0.15) is 0 Å². The number of fused-ring (bicyclic) bond motifs is 3. The average molecular weight is 346 g/mol. The molecule has 25 heavy (non-hydrogen) atoms. The molecule has 0 amide bonds. The fourth-order valence-corrected chi connectivity index (χ4v) is 3.30. The minimum atomic E-state index is -1.27. The molecule has 7 heteroatoms. The molecule has 0 radical (unpaired) electrons. The summed E-state index contributed by atoms with van der Waals surface area (Å²) in [5.74, 6) is 0.929. The van der Waals surface area contributed by atoms with Crippen molar-refractivity contribution in [1.82, 2.24) is 0 Å². The molecule has 3 N–H and O–H groups in total. The zero-order chi connectivity index (χ0) is 17.7. The molecule has 0 unspecified atom stereocenters. The summed E-state index contributed by atoms with van der Waals surface area (Å²) in [7, 11) is 1.48. The van der Waals surface area contributed by atoms with Crippen LogP contribution in [0.25, 0.3) is 0 Å². The Morgan fingerprint density at radius 3 is 2.72 bits per heavy atom. The summed E-state index contributed by atoms with van der Waals surface area (Å²) in [6.07, 6.45) is -2.44. The van der Waals surface area contributed by atoms with Crippen LogP contribution in [-0.4, -0.2) is 34.6 Å². The monoisotopic (exact) mass is 346 g/mol. The Morgan fingerprint density at radius 1 is 1.20 bits per heavy atom. The number of rotatable bonds is 4. The number of aromatic hydroxyl groups is 1. The van der Waals surface area contributed by atoms with Crippen molar-refractivity contribution in [3.63, 3.8) is 0 Å². The van der Waals surface area contributed by atoms with Gasteiger partial charge in [0.2, 0.25) is 0 Å². The molecule has 2 aliphatic rings. The van der Waals surface area contributed by atoms with Crippen LogP contribution in [0.15, 0.2) is 33.5 Å². The van der Waals surface area contributed by atoms with Gasteiger partial charge in [-0.05, 0) is 24.1 Å². The van der Waals surface area contributed by atoms with Crippen molar-refractivity contribution < 1.29 is 29.2 Å². The largest absolute Gasteiger partial charge is 0.504 e. The van der Waals surface area contributed by atoms with E-state index in [2.05, 4.69) is 0 Å². The molecule has 2 heterocycles. The maximum atomic E-state index is 12.3. The first-order valence-electron chi connectivity index (χ1n) is 8.04. The minimum absolute atomic E-state index is 0.0439. The summed E-state index contributed by atoms with van der Waals surface area (Å²) in [4.78, 5) is 12.3. The van der Waals surface area contributed by atoms with Crippen LogP contribution in [-0.2, 0) is 17.6 Å². The lowest BCUT2D eigenvalue weighted by Crippen LogP contribution is -2.32. The molecule has 0 saturated carbocycles. The van der Waals surface area contributed by atoms with Gasteiger partial charge in [0.25, 0.3) is 0 Å². The molecule has 1 aromatic carbocycles. The van der Waals surface area contributed by atoms with E-state index in [1.807, 2.05) is 6.07 Å². The zero-order valence-corrected chi connectivity index (χ0v) is 13.5. The van der Waals surface area contributed by atoms with Crippen molar-refractivity contribution in [2.75, 3.05) is 7.11 Å². The maximum absolute atomic E-state index is 12.3. The average Bonchev–Trinajstić information content (AvgIpc) is 3.38. The minimum Gasteiger partial charge on any atom is -0.504 e. The van der Waals surface area contributed by atoms with Gasteiger partial charge in [-0.25, -0.2) is 0 Å². The Kier molecular flexibility index (Phi) is 3.79. The number of methoxy groups -OCH3 is 1. The van der Waals surface area contributed by atoms with Crippen LogP contribution in [0, 0.1) is 0 Å². The normalized spacial score (nSPS) is 26.7. The van der Waals surface area contributed by atoms with Crippen LogP contribution in [0.3, 0.4) is 0 Å². The molecule has 1 aromatic heterocycles. The van der Waals surface area contributed by atoms with E-state index >= 15 is 0 Å². The van der Waals surface area contributed by atoms with E-state index in [1.54, 1.807) is 12.1 Å². The second-order valence-electron chi connectivity index (χ2n) is 6.32. The van der Waals surface area contributed by atoms with Crippen LogP contribution in [0.2, 0.25) is 0 Å². The van der Waals surface area contributed by atoms with Gasteiger partial charge in [-0.3, -0.25) is 4.79 Å². The summed E-state index contributed by atoms with van der Waals surface area (Å²) in [6, 6.07) is 6.47. The Morgan fingerprint density at radius 2 is 2.00 bits per heavy atom. The number of phenolic OH excluding ortho intramolecular Hbond substituents is 1. The molecule has 132 valence electrons. The number of aliphatic hydroxyl groups excluding tert-OH is 2. The van der Waals surface area contributed by atoms with E-state index in [4.69, 9.17) is 13.9 Å². The summed E-state index contributed by atoms with van der Waals surface area (Å²) in [5.41, 5.74) is 0.894. The fourth-order valence-electron chi connectivity index (χ4n) is 3.30. The van der Waals surface area contributed by atoms with Crippen LogP contribution < -0.4 is 10.2 Å². The van der Waals surface area contributed by atoms with E-state index in [1.165, 1.54) is 13.2 Å². The number of hydrogen-bond donors (Lipinski definition) is 3. The second-order valence-corrected chi connectivity index (χ2v) is 6.32. The molecule has 2 aromatic rings. The van der Waals surface area contributed by atoms with Gasteiger partial charge < -0.3 is 29.2 Å². The first-order chi connectivity index (χ1) is 12.0. The molecule has 0 spiro atoms. The van der Waals surface area contributed by atoms with E-state index in [0.29, 0.717) is 29.9 Å². The van der Waals surface area contributed by atoms with Gasteiger partial charge in [0, 0.05) is 12.5 Å². The van der Waals surface area contributed by atoms with Crippen molar-refractivity contribution in [3.05, 3.63) is 57.1 Å². The molecular formula is C18H18O7. The van der Waals surface area contributed by atoms with E-state index in [9.17, 15) is 20.1 Å². The van der Waals surface area contributed by atoms with Gasteiger partial charge in [0.05, 0.1) is 12.7 Å². The first kappa shape index (κ1) is 16.1. The number of aliphatic hydroxyl groups is 2. The molecule has 1 aliphatic heterocycles. The smallest absolute Gasteiger partial charge is 0.191 e. The molecule has 0 bridgehead atoms. The van der Waals surface area contributed by atoms with Gasteiger partial charge in [0.1, 0.15) is 35.9 Å². The molecule has 4 atom stereocenters. The fraction of sp³-hybridized carbons (Fsp3) is 0.389. The zero-order valence-electron chi connectivity index (χ0n) is 13.5. The van der Waals surface area contributed by atoms with Gasteiger partial charge >= 0.3 is 0 Å². The summed E-state index contributed by atoms with van der Waals surface area (Å²) in [5, 5.41) is 29.9. The Labute approximate surface area is 143 Å². The molecule has 4 rings (SSSR count). The number of hydrogen-bond acceptors (Lipinski definition) is 7. The maximum Gasteiger partial charge on any atom is 0.191 e. The van der Waals surface area contributed by atoms with Crippen LogP contribution >= 0.6 is 0 Å². The summed E-state index contributed by atoms with van der Waals surface area (Å²) < 4.78 is 15.9. The van der Waals surface area contributed by atoms with Crippen LogP contribution in [0.1, 0.15) is 34.9 Å². The predicted octanol–water partition coefficient (Wildman–Crippen LogP) is 0.987. The van der Waals surface area contributed by atoms with E-state index in [-0.39, 0.29) is 16.9 Å². The van der Waals surface area contributed by atoms with Crippen molar-refractivity contribution >= 4 is 0 Å². The van der Waals surface area contributed by atoms with Gasteiger partial charge in [-0.1, -0.05) is 6.07 Å². The number of epoxide rings is 1. The predicted molar refractivity (Wildman–Crippen MR) is 85.6 cm³/mol. The highest BCUT2D eigenvalue weighted by Gasteiger charge is 2.56. The quantitative estimate of drug-likeness (QED) is 0.708. The summed E-state index contributed by atoms with van der Waals surface area (Å²) >= 11 is 0. The van der Waals surface area contributed by atoms with E-state index in [0.717, 1.165) is 5.56 Å². The third kappa shape index (κ3) is 2.70. The molecule has 7 nitrogen and oxygen atoms in total. The number of phenols is 1. The van der Waals surface area contributed by atoms with Crippen molar-refractivity contribution in [2.24, 2.45) is 0 Å². The summed E-state index contributed by atoms with van der Waals surface area (Å²) in [6.45, 7) is 0. The molecular weight excluding hydrogens is 328 g/mol. The lowest BCUT2D eigenvalue weighted by molar-refractivity contribution is -0.0137. The number of aryl methyl sites for hydroxylation is 2. The van der Waals surface area contributed by atoms with Gasteiger partial charge in [0.15, 0.2) is 16.9 Å². The van der Waals surface area contributed by atoms with E-state index < -0.39 is 24.4 Å². The second kappa shape index (κ2) is 5.87. The van der Waals surface area contributed by atoms with Gasteiger partial charge in [-0.15, -0.1) is 0 Å². The topological polar surface area (TPSA) is 113 Å². The Bertz CT molecular complexity index is 872. The molecule has 1 saturated heterocycles. The SMILES string of the molecule is COc1ccc(CCc2cc(=O)c3c(o2)[C@@H](O)[C@H](O)[C@@H]2O[C@H]32)cc1O. The number of benzene rings is 1. The Balaban J connectivity index is 1.57. The number of ether oxygens (including phenoxy) is 2. The standard InChI is InChI=1S/C18H18O7/c1-23-12-5-3-8(6-10(12)19)2-4-9-7-11(20)13-16(24-9)14(21)15(22)18-17(13)25-18/h3,5-7,14-15,17-19,21-22H,2,4H2,1H3/t14-,15-,17+,18-/m0/s1. The first-order valence-corrected chi connectivity index (χ1v) is 8.04. The van der Waals surface area contributed by atoms with Crippen molar-refractivity contribution in [1.29, 1.82) is 0 Å². The van der Waals surface area contributed by atoms with Crippen molar-refractivity contribution in [3.8, 4) is 11.5 Å². The van der Waals surface area contributed by atoms with Crippen molar-refractivity contribution in [2.45, 2.75) is 37.3 Å². The third-order valence-corrected chi connectivity index (χ3v) is 4.71. The van der Waals surface area contributed by atoms with Crippen LogP contribution in [0.4, 0.5) is 0 Å². The lowest BCUT2D eigenvalue weighted by atomic mass is 9.92. The molecule has 1 aliphatic carbocycles. The van der Waals surface area contributed by atoms with Crippen LogP contribution in [0.5, 0.6) is 11.5 Å². The lowest BCUT2D eigenvalue weighted by Gasteiger charge is -2.21. The third-order valence-electron chi connectivity index (χ3n) is 4.71.